The SMILES string of the molecule is CCC(N)C(=O)N1C(C(=O)O)CSC1C(C)C. The van der Waals surface area contributed by atoms with Crippen LogP contribution in [0.15, 0.2) is 0 Å². The van der Waals surface area contributed by atoms with Crippen molar-refractivity contribution in [3.63, 3.8) is 0 Å². The fourth-order valence-electron chi connectivity index (χ4n) is 1.88. The third-order valence-electron chi connectivity index (χ3n) is 2.90. The molecule has 1 fully saturated rings. The van der Waals surface area contributed by atoms with Crippen LogP contribution in [0.4, 0.5) is 0 Å². The Bertz CT molecular complexity index is 309. The molecule has 98 valence electrons. The maximum Gasteiger partial charge on any atom is 0.327 e. The van der Waals surface area contributed by atoms with Crippen LogP contribution in [0.25, 0.3) is 0 Å². The molecule has 1 aliphatic heterocycles. The third-order valence-corrected chi connectivity index (χ3v) is 4.52. The van der Waals surface area contributed by atoms with Gasteiger partial charge in [-0.25, -0.2) is 4.79 Å². The number of thioether (sulfide) groups is 1. The molecule has 5 nitrogen and oxygen atoms in total. The molecule has 3 N–H and O–H groups in total. The molecule has 1 rings (SSSR count). The Balaban J connectivity index is 2.93. The van der Waals surface area contributed by atoms with E-state index >= 15 is 0 Å². The number of amides is 1. The van der Waals surface area contributed by atoms with Crippen LogP contribution in [0.3, 0.4) is 0 Å². The first kappa shape index (κ1) is 14.3. The number of aliphatic carboxylic acids is 1. The second-order valence-electron chi connectivity index (χ2n) is 4.58. The lowest BCUT2D eigenvalue weighted by atomic mass is 10.1. The van der Waals surface area contributed by atoms with Crippen molar-refractivity contribution in [1.82, 2.24) is 4.90 Å². The summed E-state index contributed by atoms with van der Waals surface area (Å²) < 4.78 is 0. The molecule has 0 aliphatic carbocycles. The van der Waals surface area contributed by atoms with Crippen LogP contribution in [-0.4, -0.2) is 45.1 Å². The smallest absolute Gasteiger partial charge is 0.327 e. The van der Waals surface area contributed by atoms with Crippen molar-refractivity contribution < 1.29 is 14.7 Å². The molecule has 1 heterocycles. The molecule has 1 aliphatic rings. The van der Waals surface area contributed by atoms with Crippen LogP contribution in [0.5, 0.6) is 0 Å². The van der Waals surface area contributed by atoms with Gasteiger partial charge in [0.05, 0.1) is 11.4 Å². The van der Waals surface area contributed by atoms with Crippen LogP contribution >= 0.6 is 11.8 Å². The van der Waals surface area contributed by atoms with Gasteiger partial charge < -0.3 is 15.7 Å². The zero-order chi connectivity index (χ0) is 13.2. The molecular weight excluding hydrogens is 240 g/mol. The summed E-state index contributed by atoms with van der Waals surface area (Å²) in [5.74, 6) is -0.529. The minimum absolute atomic E-state index is 0.0822. The lowest BCUT2D eigenvalue weighted by Crippen LogP contribution is -2.52. The minimum Gasteiger partial charge on any atom is -0.480 e. The van der Waals surface area contributed by atoms with E-state index in [-0.39, 0.29) is 17.2 Å². The van der Waals surface area contributed by atoms with Crippen molar-refractivity contribution in [1.29, 1.82) is 0 Å². The molecule has 17 heavy (non-hydrogen) atoms. The lowest BCUT2D eigenvalue weighted by molar-refractivity contribution is -0.150. The molecule has 0 spiro atoms. The predicted octanol–water partition coefficient (Wildman–Crippen LogP) is 0.734. The summed E-state index contributed by atoms with van der Waals surface area (Å²) in [6.45, 7) is 5.80. The number of hydrogen-bond acceptors (Lipinski definition) is 4. The number of nitrogens with two attached hydrogens (primary N) is 1. The lowest BCUT2D eigenvalue weighted by Gasteiger charge is -2.31. The van der Waals surface area contributed by atoms with Gasteiger partial charge in [-0.15, -0.1) is 11.8 Å². The zero-order valence-corrected chi connectivity index (χ0v) is 11.2. The summed E-state index contributed by atoms with van der Waals surface area (Å²) in [6.07, 6.45) is 0.525. The molecule has 3 atom stereocenters. The largest absolute Gasteiger partial charge is 0.480 e. The average Bonchev–Trinajstić information content (AvgIpc) is 2.71. The Morgan fingerprint density at radius 2 is 2.12 bits per heavy atom. The van der Waals surface area contributed by atoms with Gasteiger partial charge in [-0.2, -0.15) is 0 Å². The Morgan fingerprint density at radius 1 is 1.53 bits per heavy atom. The Labute approximate surface area is 106 Å². The first-order valence-corrected chi connectivity index (χ1v) is 6.87. The minimum atomic E-state index is -0.947. The standard InChI is InChI=1S/C11H20N2O3S/c1-4-7(12)9(14)13-8(11(15)16)5-17-10(13)6(2)3/h6-8,10H,4-5,12H2,1-3H3,(H,15,16). The van der Waals surface area contributed by atoms with E-state index in [4.69, 9.17) is 10.8 Å². The number of carboxylic acid groups (broad SMARTS) is 1. The van der Waals surface area contributed by atoms with Crippen molar-refractivity contribution in [2.45, 2.75) is 44.6 Å². The molecular formula is C11H20N2O3S. The average molecular weight is 260 g/mol. The summed E-state index contributed by atoms with van der Waals surface area (Å²) in [5, 5.41) is 9.06. The molecule has 0 aromatic heterocycles. The van der Waals surface area contributed by atoms with Crippen LogP contribution in [-0.2, 0) is 9.59 Å². The van der Waals surface area contributed by atoms with Crippen molar-refractivity contribution in [3.05, 3.63) is 0 Å². The first-order valence-electron chi connectivity index (χ1n) is 5.82. The number of rotatable bonds is 4. The molecule has 0 bridgehead atoms. The van der Waals surface area contributed by atoms with Gasteiger partial charge in [0, 0.05) is 5.75 Å². The first-order chi connectivity index (χ1) is 7.90. The van der Waals surface area contributed by atoms with Crippen LogP contribution in [0.1, 0.15) is 27.2 Å². The maximum absolute atomic E-state index is 12.1. The highest BCUT2D eigenvalue weighted by atomic mass is 32.2. The molecule has 0 aromatic rings. The van der Waals surface area contributed by atoms with Crippen molar-refractivity contribution >= 4 is 23.6 Å². The summed E-state index contributed by atoms with van der Waals surface area (Å²) in [6, 6.07) is -1.34. The van der Waals surface area contributed by atoms with Crippen LogP contribution in [0, 0.1) is 5.92 Å². The fourth-order valence-corrected chi connectivity index (χ4v) is 3.36. The van der Waals surface area contributed by atoms with E-state index in [0.717, 1.165) is 0 Å². The van der Waals surface area contributed by atoms with Gasteiger partial charge in [-0.1, -0.05) is 20.8 Å². The molecule has 0 aromatic carbocycles. The van der Waals surface area contributed by atoms with E-state index in [1.807, 2.05) is 20.8 Å². The summed E-state index contributed by atoms with van der Waals surface area (Å²) in [5.41, 5.74) is 5.73. The van der Waals surface area contributed by atoms with Gasteiger partial charge >= 0.3 is 5.97 Å². The van der Waals surface area contributed by atoms with Gasteiger partial charge in [-0.05, 0) is 12.3 Å². The van der Waals surface area contributed by atoms with Crippen molar-refractivity contribution in [2.75, 3.05) is 5.75 Å². The highest BCUT2D eigenvalue weighted by Gasteiger charge is 2.43. The summed E-state index contributed by atoms with van der Waals surface area (Å²) in [7, 11) is 0. The Morgan fingerprint density at radius 3 is 2.53 bits per heavy atom. The van der Waals surface area contributed by atoms with Gasteiger partial charge in [0.15, 0.2) is 0 Å². The highest BCUT2D eigenvalue weighted by Crippen LogP contribution is 2.34. The van der Waals surface area contributed by atoms with E-state index in [2.05, 4.69) is 0 Å². The number of carboxylic acids is 1. The van der Waals surface area contributed by atoms with Gasteiger partial charge in [0.25, 0.3) is 0 Å². The third kappa shape index (κ3) is 2.93. The monoisotopic (exact) mass is 260 g/mol. The molecule has 1 amide bonds. The molecule has 0 radical (unpaired) electrons. The highest BCUT2D eigenvalue weighted by molar-refractivity contribution is 8.00. The Kier molecular flexibility index (Phi) is 4.82. The predicted molar refractivity (Wildman–Crippen MR) is 67.6 cm³/mol. The van der Waals surface area contributed by atoms with Crippen LogP contribution < -0.4 is 5.73 Å². The molecule has 3 unspecified atom stereocenters. The second kappa shape index (κ2) is 5.73. The second-order valence-corrected chi connectivity index (χ2v) is 5.73. The number of hydrogen-bond donors (Lipinski definition) is 2. The van der Waals surface area contributed by atoms with Gasteiger partial charge in [0.1, 0.15) is 6.04 Å². The van der Waals surface area contributed by atoms with Crippen LogP contribution in [0.2, 0.25) is 0 Å². The number of carbonyl (C=O) groups is 2. The zero-order valence-electron chi connectivity index (χ0n) is 10.4. The summed E-state index contributed by atoms with van der Waals surface area (Å²) in [4.78, 5) is 24.7. The topological polar surface area (TPSA) is 83.6 Å². The molecule has 0 saturated carbocycles. The van der Waals surface area contributed by atoms with Gasteiger partial charge in [0.2, 0.25) is 5.91 Å². The van der Waals surface area contributed by atoms with E-state index < -0.39 is 18.1 Å². The normalized spacial score (nSPS) is 26.3. The van der Waals surface area contributed by atoms with Crippen molar-refractivity contribution in [3.8, 4) is 0 Å². The summed E-state index contributed by atoms with van der Waals surface area (Å²) >= 11 is 1.52. The van der Waals surface area contributed by atoms with Gasteiger partial charge in [-0.3, -0.25) is 4.79 Å². The van der Waals surface area contributed by atoms with E-state index in [9.17, 15) is 9.59 Å². The molecule has 6 heteroatoms. The van der Waals surface area contributed by atoms with E-state index in [1.54, 1.807) is 0 Å². The number of carbonyl (C=O) groups excluding carboxylic acids is 1. The van der Waals surface area contributed by atoms with E-state index in [1.165, 1.54) is 16.7 Å². The number of nitrogens with zero attached hydrogens (tertiary/aromatic N) is 1. The fraction of sp³-hybridized carbons (Fsp3) is 0.818. The van der Waals surface area contributed by atoms with E-state index in [0.29, 0.717) is 12.2 Å². The van der Waals surface area contributed by atoms with Crippen molar-refractivity contribution in [2.24, 2.45) is 11.7 Å². The maximum atomic E-state index is 12.1. The molecule has 1 saturated heterocycles. The quantitative estimate of drug-likeness (QED) is 0.778. The Hall–Kier alpha value is -0.750.